The monoisotopic (exact) mass is 379 g/mol. The van der Waals surface area contributed by atoms with Crippen LogP contribution in [-0.2, 0) is 11.3 Å². The quantitative estimate of drug-likeness (QED) is 0.570. The Labute approximate surface area is 158 Å². The molecule has 0 saturated carbocycles. The van der Waals surface area contributed by atoms with Crippen LogP contribution in [-0.4, -0.2) is 25.7 Å². The number of carbonyl (C=O) groups is 1. The Morgan fingerprint density at radius 3 is 2.74 bits per heavy atom. The number of hydrogen-bond acceptors (Lipinski definition) is 4. The molecule has 0 saturated heterocycles. The fourth-order valence-electron chi connectivity index (χ4n) is 2.69. The van der Waals surface area contributed by atoms with Crippen molar-refractivity contribution in [3.63, 3.8) is 0 Å². The van der Waals surface area contributed by atoms with Gasteiger partial charge in [0, 0.05) is 27.7 Å². The van der Waals surface area contributed by atoms with Crippen molar-refractivity contribution in [2.24, 2.45) is 0 Å². The van der Waals surface area contributed by atoms with Gasteiger partial charge in [0.1, 0.15) is 6.54 Å². The molecule has 7 nitrogen and oxygen atoms in total. The molecular weight excluding hydrogens is 366 g/mol. The lowest BCUT2D eigenvalue weighted by Crippen LogP contribution is -2.27. The Morgan fingerprint density at radius 2 is 1.96 bits per heavy atom. The fraction of sp³-hybridized carbons (Fsp3) is 0.0526. The number of hydrogen-bond donors (Lipinski definition) is 2. The zero-order valence-electron chi connectivity index (χ0n) is 14.0. The molecule has 0 fully saturated rings. The molecule has 0 aliphatic heterocycles. The number of nitrogens with zero attached hydrogens (tertiary/aromatic N) is 3. The molecule has 134 valence electrons. The van der Waals surface area contributed by atoms with Gasteiger partial charge in [0.2, 0.25) is 5.91 Å². The third kappa shape index (κ3) is 3.73. The van der Waals surface area contributed by atoms with Crippen LogP contribution >= 0.6 is 11.6 Å². The molecule has 1 amide bonds. The highest BCUT2D eigenvalue weighted by Crippen LogP contribution is 2.18. The number of aromatic amines is 1. The molecule has 0 spiro atoms. The zero-order chi connectivity index (χ0) is 18.8. The van der Waals surface area contributed by atoms with Crippen LogP contribution in [0, 0.1) is 0 Å². The summed E-state index contributed by atoms with van der Waals surface area (Å²) < 4.78 is 1.25. The van der Waals surface area contributed by atoms with E-state index in [0.717, 1.165) is 16.5 Å². The van der Waals surface area contributed by atoms with Gasteiger partial charge >= 0.3 is 0 Å². The number of benzene rings is 2. The second-order valence-electron chi connectivity index (χ2n) is 5.97. The van der Waals surface area contributed by atoms with Crippen LogP contribution in [0.1, 0.15) is 0 Å². The summed E-state index contributed by atoms with van der Waals surface area (Å²) in [6.45, 7) is -0.131. The van der Waals surface area contributed by atoms with E-state index in [1.165, 1.54) is 17.0 Å². The van der Waals surface area contributed by atoms with Crippen molar-refractivity contribution in [3.05, 3.63) is 76.4 Å². The Hall–Kier alpha value is -3.45. The molecule has 0 radical (unpaired) electrons. The predicted molar refractivity (Wildman–Crippen MR) is 104 cm³/mol. The number of halogens is 1. The van der Waals surface area contributed by atoms with E-state index in [-0.39, 0.29) is 18.0 Å². The summed E-state index contributed by atoms with van der Waals surface area (Å²) in [7, 11) is 0. The molecule has 2 N–H and O–H groups in total. The maximum atomic E-state index is 12.3. The van der Waals surface area contributed by atoms with Crippen molar-refractivity contribution < 1.29 is 4.79 Å². The van der Waals surface area contributed by atoms with Crippen LogP contribution in [0.25, 0.3) is 22.2 Å². The molecule has 0 aliphatic rings. The first-order chi connectivity index (χ1) is 13.1. The molecule has 0 atom stereocenters. The van der Waals surface area contributed by atoms with Gasteiger partial charge in [0.25, 0.3) is 5.56 Å². The minimum absolute atomic E-state index is 0.131. The number of carbonyl (C=O) groups excluding carboxylic acids is 1. The number of amides is 1. The molecule has 8 heteroatoms. The fourth-order valence-corrected chi connectivity index (χ4v) is 2.82. The van der Waals surface area contributed by atoms with E-state index in [1.807, 2.05) is 6.07 Å². The van der Waals surface area contributed by atoms with Gasteiger partial charge in [-0.15, -0.1) is 0 Å². The molecule has 4 aromatic rings. The highest BCUT2D eigenvalue weighted by atomic mass is 35.5. The van der Waals surface area contributed by atoms with Gasteiger partial charge in [0.05, 0.1) is 23.7 Å². The first-order valence-electron chi connectivity index (χ1n) is 8.14. The third-order valence-corrected chi connectivity index (χ3v) is 4.31. The van der Waals surface area contributed by atoms with Crippen molar-refractivity contribution in [1.82, 2.24) is 19.7 Å². The summed E-state index contributed by atoms with van der Waals surface area (Å²) in [5.41, 5.74) is 2.43. The highest BCUT2D eigenvalue weighted by molar-refractivity contribution is 6.30. The molecule has 2 heterocycles. The van der Waals surface area contributed by atoms with E-state index in [0.29, 0.717) is 16.4 Å². The lowest BCUT2D eigenvalue weighted by Gasteiger charge is -2.08. The maximum absolute atomic E-state index is 12.3. The van der Waals surface area contributed by atoms with Crippen molar-refractivity contribution in [2.75, 3.05) is 5.32 Å². The van der Waals surface area contributed by atoms with Crippen molar-refractivity contribution in [1.29, 1.82) is 0 Å². The van der Waals surface area contributed by atoms with Crippen molar-refractivity contribution in [2.45, 2.75) is 6.54 Å². The molecule has 0 unspecified atom stereocenters. The molecule has 4 rings (SSSR count). The average Bonchev–Trinajstić information content (AvgIpc) is 3.12. The van der Waals surface area contributed by atoms with Gasteiger partial charge in [-0.3, -0.25) is 19.3 Å². The van der Waals surface area contributed by atoms with Gasteiger partial charge in [-0.1, -0.05) is 23.7 Å². The lowest BCUT2D eigenvalue weighted by molar-refractivity contribution is -0.116. The number of rotatable bonds is 4. The van der Waals surface area contributed by atoms with Crippen molar-refractivity contribution >= 4 is 34.1 Å². The number of aromatic nitrogens is 4. The van der Waals surface area contributed by atoms with Gasteiger partial charge in [-0.2, -0.15) is 5.10 Å². The average molecular weight is 380 g/mol. The zero-order valence-corrected chi connectivity index (χ0v) is 14.8. The predicted octanol–water partition coefficient (Wildman–Crippen LogP) is 3.08. The third-order valence-electron chi connectivity index (χ3n) is 4.06. The molecular formula is C19H14ClN5O2. The standard InChI is InChI=1S/C19H14ClN5O2/c20-14-4-1-12(2-5-14)16-8-19(27)25(11-21-16)10-18(26)23-15-6-3-13-9-22-24-17(13)7-15/h1-9,11H,10H2,(H,22,24)(H,23,26). The molecule has 2 aromatic heterocycles. The van der Waals surface area contributed by atoms with Crippen molar-refractivity contribution in [3.8, 4) is 11.3 Å². The Balaban J connectivity index is 1.49. The normalized spacial score (nSPS) is 10.9. The smallest absolute Gasteiger partial charge is 0.254 e. The van der Waals surface area contributed by atoms with E-state index in [1.54, 1.807) is 42.6 Å². The topological polar surface area (TPSA) is 92.7 Å². The molecule has 0 bridgehead atoms. The number of fused-ring (bicyclic) bond motifs is 1. The second kappa shape index (κ2) is 7.05. The SMILES string of the molecule is O=C(Cn1cnc(-c2ccc(Cl)cc2)cc1=O)Nc1ccc2cn[nH]c2c1. The van der Waals surface area contributed by atoms with Gasteiger partial charge in [-0.05, 0) is 30.3 Å². The largest absolute Gasteiger partial charge is 0.324 e. The van der Waals surface area contributed by atoms with Crippen LogP contribution in [0.2, 0.25) is 5.02 Å². The maximum Gasteiger partial charge on any atom is 0.254 e. The van der Waals surface area contributed by atoms with Crippen LogP contribution < -0.4 is 10.9 Å². The van der Waals surface area contributed by atoms with Gasteiger partial charge in [0.15, 0.2) is 0 Å². The summed E-state index contributed by atoms with van der Waals surface area (Å²) in [5, 5.41) is 11.1. The van der Waals surface area contributed by atoms with Crippen LogP contribution in [0.3, 0.4) is 0 Å². The minimum Gasteiger partial charge on any atom is -0.324 e. The summed E-state index contributed by atoms with van der Waals surface area (Å²) in [6, 6.07) is 13.8. The number of H-pyrrole nitrogens is 1. The molecule has 0 aliphatic carbocycles. The summed E-state index contributed by atoms with van der Waals surface area (Å²) in [6.07, 6.45) is 3.07. The lowest BCUT2D eigenvalue weighted by atomic mass is 10.1. The van der Waals surface area contributed by atoms with E-state index in [9.17, 15) is 9.59 Å². The first kappa shape index (κ1) is 17.0. The van der Waals surface area contributed by atoms with Gasteiger partial charge in [-0.25, -0.2) is 4.98 Å². The van der Waals surface area contributed by atoms with E-state index >= 15 is 0 Å². The molecule has 27 heavy (non-hydrogen) atoms. The Bertz CT molecular complexity index is 1180. The summed E-state index contributed by atoms with van der Waals surface area (Å²) in [4.78, 5) is 28.8. The van der Waals surface area contributed by atoms with E-state index in [4.69, 9.17) is 11.6 Å². The summed E-state index contributed by atoms with van der Waals surface area (Å²) >= 11 is 5.87. The Morgan fingerprint density at radius 1 is 1.15 bits per heavy atom. The van der Waals surface area contributed by atoms with E-state index < -0.39 is 0 Å². The van der Waals surface area contributed by atoms with Crippen LogP contribution in [0.4, 0.5) is 5.69 Å². The van der Waals surface area contributed by atoms with Crippen LogP contribution in [0.15, 0.2) is 65.8 Å². The number of anilines is 1. The van der Waals surface area contributed by atoms with E-state index in [2.05, 4.69) is 20.5 Å². The molecule has 2 aromatic carbocycles. The highest BCUT2D eigenvalue weighted by Gasteiger charge is 2.08. The summed E-state index contributed by atoms with van der Waals surface area (Å²) in [5.74, 6) is -0.322. The first-order valence-corrected chi connectivity index (χ1v) is 8.52. The Kier molecular flexibility index (Phi) is 4.43. The van der Waals surface area contributed by atoms with Crippen LogP contribution in [0.5, 0.6) is 0 Å². The van der Waals surface area contributed by atoms with Gasteiger partial charge < -0.3 is 5.32 Å². The second-order valence-corrected chi connectivity index (χ2v) is 6.40. The number of nitrogens with one attached hydrogen (secondary N) is 2. The minimum atomic E-state index is -0.322.